The predicted octanol–water partition coefficient (Wildman–Crippen LogP) is 1.98. The lowest BCUT2D eigenvalue weighted by Crippen LogP contribution is -2.46. The van der Waals surface area contributed by atoms with Gasteiger partial charge in [0, 0.05) is 12.6 Å². The van der Waals surface area contributed by atoms with Crippen LogP contribution in [-0.2, 0) is 24.4 Å². The van der Waals surface area contributed by atoms with Gasteiger partial charge < -0.3 is 10.1 Å². The van der Waals surface area contributed by atoms with Crippen LogP contribution in [0.15, 0.2) is 23.1 Å². The molecule has 0 aliphatic heterocycles. The van der Waals surface area contributed by atoms with E-state index < -0.39 is 33.5 Å². The van der Waals surface area contributed by atoms with E-state index in [0.29, 0.717) is 4.47 Å². The molecule has 146 valence electrons. The molecule has 26 heavy (non-hydrogen) atoms. The summed E-state index contributed by atoms with van der Waals surface area (Å²) >= 11 is 5.94. The molecule has 0 fully saturated rings. The Balaban J connectivity index is 3.05. The standard InChI is InChI=1S/C16H23ClN2O6S/c1-10(14(20)18-16(2,3)4)25-15(21)11-7-8-12(17)13(9-11)26(22,23)19(5)24-6/h7-10H,1-6H3,(H,18,20)/t10-/m0/s1. The number of hydrogen-bond acceptors (Lipinski definition) is 6. The highest BCUT2D eigenvalue weighted by Gasteiger charge is 2.27. The average Bonchev–Trinajstić information content (AvgIpc) is 2.52. The summed E-state index contributed by atoms with van der Waals surface area (Å²) in [6.07, 6.45) is -1.06. The van der Waals surface area contributed by atoms with Gasteiger partial charge in [0.25, 0.3) is 15.9 Å². The Bertz CT molecular complexity index is 788. The lowest BCUT2D eigenvalue weighted by molar-refractivity contribution is -0.130. The molecule has 0 saturated heterocycles. The third-order valence-corrected chi connectivity index (χ3v) is 5.35. The first kappa shape index (κ1) is 22.4. The van der Waals surface area contributed by atoms with Crippen LogP contribution in [0.4, 0.5) is 0 Å². The fourth-order valence-corrected chi connectivity index (χ4v) is 3.29. The Labute approximate surface area is 158 Å². The van der Waals surface area contributed by atoms with Gasteiger partial charge in [0.05, 0.1) is 17.7 Å². The highest BCUT2D eigenvalue weighted by molar-refractivity contribution is 7.89. The fraction of sp³-hybridized carbons (Fsp3) is 0.500. The van der Waals surface area contributed by atoms with Crippen molar-refractivity contribution in [3.63, 3.8) is 0 Å². The maximum absolute atomic E-state index is 12.3. The number of amides is 1. The zero-order valence-corrected chi connectivity index (χ0v) is 17.1. The number of nitrogens with zero attached hydrogens (tertiary/aromatic N) is 1. The number of hydroxylamine groups is 1. The van der Waals surface area contributed by atoms with E-state index in [4.69, 9.17) is 16.3 Å². The quantitative estimate of drug-likeness (QED) is 0.572. The molecule has 1 aromatic carbocycles. The molecule has 0 saturated carbocycles. The molecule has 8 nitrogen and oxygen atoms in total. The van der Waals surface area contributed by atoms with Crippen molar-refractivity contribution in [1.29, 1.82) is 0 Å². The van der Waals surface area contributed by atoms with Crippen LogP contribution in [-0.4, -0.2) is 50.6 Å². The number of benzene rings is 1. The van der Waals surface area contributed by atoms with E-state index in [0.717, 1.165) is 6.07 Å². The number of rotatable bonds is 6. The number of halogens is 1. The second-order valence-electron chi connectivity index (χ2n) is 6.53. The summed E-state index contributed by atoms with van der Waals surface area (Å²) in [5.41, 5.74) is -0.544. The van der Waals surface area contributed by atoms with Gasteiger partial charge in [0.2, 0.25) is 0 Å². The molecule has 1 rings (SSSR count). The van der Waals surface area contributed by atoms with Gasteiger partial charge in [-0.3, -0.25) is 9.63 Å². The van der Waals surface area contributed by atoms with E-state index in [9.17, 15) is 18.0 Å². The molecule has 0 unspecified atom stereocenters. The Kier molecular flexibility index (Phi) is 7.17. The van der Waals surface area contributed by atoms with Crippen LogP contribution in [0.2, 0.25) is 5.02 Å². The van der Waals surface area contributed by atoms with Crippen molar-refractivity contribution >= 4 is 33.5 Å². The summed E-state index contributed by atoms with van der Waals surface area (Å²) in [7, 11) is -1.68. The molecule has 0 radical (unpaired) electrons. The van der Waals surface area contributed by atoms with Crippen LogP contribution in [0.25, 0.3) is 0 Å². The number of carbonyl (C=O) groups is 2. The maximum atomic E-state index is 12.3. The molecule has 1 atom stereocenters. The number of carbonyl (C=O) groups excluding carboxylic acids is 2. The largest absolute Gasteiger partial charge is 0.449 e. The van der Waals surface area contributed by atoms with Crippen molar-refractivity contribution in [2.75, 3.05) is 14.2 Å². The van der Waals surface area contributed by atoms with Crippen molar-refractivity contribution in [3.8, 4) is 0 Å². The van der Waals surface area contributed by atoms with E-state index in [1.807, 2.05) is 0 Å². The SMILES string of the molecule is CON(C)S(=O)(=O)c1cc(C(=O)O[C@@H](C)C(=O)NC(C)(C)C)ccc1Cl. The Morgan fingerprint density at radius 1 is 1.27 bits per heavy atom. The van der Waals surface area contributed by atoms with Gasteiger partial charge in [-0.05, 0) is 45.9 Å². The van der Waals surface area contributed by atoms with Crippen LogP contribution in [0.1, 0.15) is 38.1 Å². The minimum atomic E-state index is -4.05. The van der Waals surface area contributed by atoms with E-state index in [-0.39, 0.29) is 15.5 Å². The molecule has 0 aliphatic rings. The average molecular weight is 407 g/mol. The van der Waals surface area contributed by atoms with Crippen LogP contribution in [0.5, 0.6) is 0 Å². The maximum Gasteiger partial charge on any atom is 0.338 e. The van der Waals surface area contributed by atoms with Gasteiger partial charge in [-0.15, -0.1) is 0 Å². The summed E-state index contributed by atoms with van der Waals surface area (Å²) < 4.78 is 30.4. The molecule has 0 aromatic heterocycles. The number of sulfonamides is 1. The molecule has 1 aromatic rings. The van der Waals surface area contributed by atoms with Crippen molar-refractivity contribution in [3.05, 3.63) is 28.8 Å². The smallest absolute Gasteiger partial charge is 0.338 e. The van der Waals surface area contributed by atoms with E-state index in [1.54, 1.807) is 20.8 Å². The molecular weight excluding hydrogens is 384 g/mol. The number of nitrogens with one attached hydrogen (secondary N) is 1. The van der Waals surface area contributed by atoms with Crippen LogP contribution in [0, 0.1) is 0 Å². The lowest BCUT2D eigenvalue weighted by Gasteiger charge is -2.23. The van der Waals surface area contributed by atoms with Gasteiger partial charge >= 0.3 is 5.97 Å². The highest BCUT2D eigenvalue weighted by Crippen LogP contribution is 2.25. The summed E-state index contributed by atoms with van der Waals surface area (Å²) in [5.74, 6) is -1.32. The molecule has 0 aliphatic carbocycles. The summed E-state index contributed by atoms with van der Waals surface area (Å²) in [6.45, 7) is 6.80. The molecule has 0 spiro atoms. The predicted molar refractivity (Wildman–Crippen MR) is 96.2 cm³/mol. The Morgan fingerprint density at radius 3 is 2.35 bits per heavy atom. The minimum absolute atomic E-state index is 0.0621. The van der Waals surface area contributed by atoms with Crippen molar-refractivity contribution in [2.24, 2.45) is 0 Å². The summed E-state index contributed by atoms with van der Waals surface area (Å²) in [4.78, 5) is 28.6. The molecule has 0 bridgehead atoms. The fourth-order valence-electron chi connectivity index (χ4n) is 1.82. The third kappa shape index (κ3) is 5.66. The van der Waals surface area contributed by atoms with Crippen molar-refractivity contribution in [1.82, 2.24) is 9.79 Å². The molecule has 0 heterocycles. The first-order valence-corrected chi connectivity index (χ1v) is 9.47. The first-order chi connectivity index (χ1) is 11.8. The number of hydrogen-bond donors (Lipinski definition) is 1. The van der Waals surface area contributed by atoms with E-state index >= 15 is 0 Å². The van der Waals surface area contributed by atoms with Crippen LogP contribution in [0.3, 0.4) is 0 Å². The second-order valence-corrected chi connectivity index (χ2v) is 8.84. The molecule has 1 N–H and O–H groups in total. The van der Waals surface area contributed by atoms with Gasteiger partial charge in [-0.25, -0.2) is 13.2 Å². The Hall–Kier alpha value is -1.68. The highest BCUT2D eigenvalue weighted by atomic mass is 35.5. The van der Waals surface area contributed by atoms with Crippen LogP contribution < -0.4 is 5.32 Å². The number of esters is 1. The Morgan fingerprint density at radius 2 is 1.85 bits per heavy atom. The van der Waals surface area contributed by atoms with Gasteiger partial charge in [-0.2, -0.15) is 0 Å². The van der Waals surface area contributed by atoms with E-state index in [2.05, 4.69) is 10.2 Å². The van der Waals surface area contributed by atoms with Gasteiger partial charge in [0.15, 0.2) is 6.10 Å². The van der Waals surface area contributed by atoms with Crippen LogP contribution >= 0.6 is 11.6 Å². The monoisotopic (exact) mass is 406 g/mol. The molecular formula is C16H23ClN2O6S. The zero-order chi connectivity index (χ0) is 20.3. The second kappa shape index (κ2) is 8.34. The number of ether oxygens (including phenoxy) is 1. The zero-order valence-electron chi connectivity index (χ0n) is 15.5. The normalized spacial score (nSPS) is 13.4. The van der Waals surface area contributed by atoms with Gasteiger partial charge in [0.1, 0.15) is 4.90 Å². The van der Waals surface area contributed by atoms with Gasteiger partial charge in [-0.1, -0.05) is 16.1 Å². The van der Waals surface area contributed by atoms with Crippen molar-refractivity contribution < 1.29 is 27.6 Å². The van der Waals surface area contributed by atoms with Crippen molar-refractivity contribution in [2.45, 2.75) is 44.2 Å². The van der Waals surface area contributed by atoms with E-state index in [1.165, 1.54) is 33.2 Å². The summed E-state index contributed by atoms with van der Waals surface area (Å²) in [5, 5.41) is 2.61. The topological polar surface area (TPSA) is 102 Å². The first-order valence-electron chi connectivity index (χ1n) is 7.65. The summed E-state index contributed by atoms with van der Waals surface area (Å²) in [6, 6.07) is 3.64. The molecule has 1 amide bonds. The third-order valence-electron chi connectivity index (χ3n) is 3.19. The molecule has 10 heteroatoms. The minimum Gasteiger partial charge on any atom is -0.449 e. The lowest BCUT2D eigenvalue weighted by atomic mass is 10.1.